The van der Waals surface area contributed by atoms with Crippen LogP contribution in [0.3, 0.4) is 0 Å². The maximum absolute atomic E-state index is 13.3. The van der Waals surface area contributed by atoms with E-state index in [1.807, 2.05) is 20.8 Å². The van der Waals surface area contributed by atoms with Gasteiger partial charge in [0.25, 0.3) is 0 Å². The molecule has 88 valence electrons. The van der Waals surface area contributed by atoms with Crippen LogP contribution in [-0.2, 0) is 0 Å². The van der Waals surface area contributed by atoms with Crippen LogP contribution < -0.4 is 9.47 Å². The molecule has 0 unspecified atom stereocenters. The predicted octanol–water partition coefficient (Wildman–Crippen LogP) is 2.94. The Hall–Kier alpha value is -1.32. The van der Waals surface area contributed by atoms with Gasteiger partial charge in [-0.05, 0) is 33.6 Å². The summed E-state index contributed by atoms with van der Waals surface area (Å²) in [6, 6.07) is 1.51. The minimum Gasteiger partial charge on any atom is -0.487 e. The third-order valence-electron chi connectivity index (χ3n) is 2.02. The lowest BCUT2D eigenvalue weighted by Crippen LogP contribution is -2.23. The second kappa shape index (κ2) is 3.92. The monoisotopic (exact) mass is 225 g/mol. The van der Waals surface area contributed by atoms with Crippen molar-refractivity contribution in [3.63, 3.8) is 0 Å². The molecule has 0 atom stereocenters. The van der Waals surface area contributed by atoms with Crippen LogP contribution in [0.25, 0.3) is 0 Å². The molecule has 4 heteroatoms. The Morgan fingerprint density at radius 3 is 2.62 bits per heavy atom. The summed E-state index contributed by atoms with van der Waals surface area (Å²) in [6.45, 7) is 5.75. The van der Waals surface area contributed by atoms with Crippen molar-refractivity contribution >= 4 is 0 Å². The molecule has 3 nitrogen and oxygen atoms in total. The average Bonchev–Trinajstić information content (AvgIpc) is 2.92. The Balaban J connectivity index is 2.14. The number of rotatable bonds is 3. The van der Waals surface area contributed by atoms with Gasteiger partial charge < -0.3 is 9.47 Å². The number of pyridine rings is 1. The van der Waals surface area contributed by atoms with E-state index in [0.29, 0.717) is 5.88 Å². The fraction of sp³-hybridized carbons (Fsp3) is 0.583. The molecule has 1 aliphatic rings. The van der Waals surface area contributed by atoms with Crippen LogP contribution in [-0.4, -0.2) is 16.7 Å². The molecule has 0 bridgehead atoms. The summed E-state index contributed by atoms with van der Waals surface area (Å²) < 4.78 is 24.3. The van der Waals surface area contributed by atoms with Crippen LogP contribution in [0.5, 0.6) is 11.6 Å². The first kappa shape index (κ1) is 11.2. The van der Waals surface area contributed by atoms with Gasteiger partial charge in [-0.1, -0.05) is 0 Å². The third-order valence-corrected chi connectivity index (χ3v) is 2.02. The third kappa shape index (κ3) is 3.08. The van der Waals surface area contributed by atoms with E-state index >= 15 is 0 Å². The minimum atomic E-state index is -0.437. The van der Waals surface area contributed by atoms with E-state index in [1.54, 1.807) is 0 Å². The van der Waals surface area contributed by atoms with Gasteiger partial charge in [-0.3, -0.25) is 0 Å². The second-order valence-corrected chi connectivity index (χ2v) is 4.98. The molecule has 0 N–H and O–H groups in total. The zero-order chi connectivity index (χ0) is 11.8. The molecule has 1 aromatic rings. The van der Waals surface area contributed by atoms with Crippen LogP contribution in [0.2, 0.25) is 0 Å². The molecule has 0 aromatic carbocycles. The van der Waals surface area contributed by atoms with E-state index < -0.39 is 5.82 Å². The van der Waals surface area contributed by atoms with Gasteiger partial charge >= 0.3 is 0 Å². The highest BCUT2D eigenvalue weighted by atomic mass is 19.1. The molecule has 0 aliphatic heterocycles. The second-order valence-electron chi connectivity index (χ2n) is 4.98. The number of hydrogen-bond donors (Lipinski definition) is 0. The summed E-state index contributed by atoms with van der Waals surface area (Å²) in [6.07, 6.45) is 3.30. The number of nitrogens with zero attached hydrogens (tertiary/aromatic N) is 1. The van der Waals surface area contributed by atoms with Gasteiger partial charge in [0, 0.05) is 6.07 Å². The molecule has 16 heavy (non-hydrogen) atoms. The number of hydrogen-bond acceptors (Lipinski definition) is 3. The molecule has 0 amide bonds. The van der Waals surface area contributed by atoms with Crippen LogP contribution in [0.4, 0.5) is 4.39 Å². The van der Waals surface area contributed by atoms with Crippen LogP contribution >= 0.6 is 0 Å². The molecular formula is C12H16FNO2. The number of halogens is 1. The molecular weight excluding hydrogens is 209 g/mol. The molecule has 1 heterocycles. The Morgan fingerprint density at radius 1 is 1.38 bits per heavy atom. The van der Waals surface area contributed by atoms with Gasteiger partial charge in [0.2, 0.25) is 5.88 Å². The smallest absolute Gasteiger partial charge is 0.217 e. The fourth-order valence-electron chi connectivity index (χ4n) is 1.23. The van der Waals surface area contributed by atoms with Gasteiger partial charge in [0.15, 0.2) is 11.6 Å². The van der Waals surface area contributed by atoms with E-state index in [1.165, 1.54) is 6.07 Å². The van der Waals surface area contributed by atoms with E-state index in [9.17, 15) is 4.39 Å². The van der Waals surface area contributed by atoms with Crippen LogP contribution in [0.1, 0.15) is 33.6 Å². The highest BCUT2D eigenvalue weighted by Crippen LogP contribution is 2.30. The lowest BCUT2D eigenvalue weighted by Gasteiger charge is -2.20. The van der Waals surface area contributed by atoms with Crippen LogP contribution in [0, 0.1) is 5.82 Å². The first-order chi connectivity index (χ1) is 7.44. The van der Waals surface area contributed by atoms with Crippen molar-refractivity contribution in [2.75, 3.05) is 0 Å². The van der Waals surface area contributed by atoms with Crippen molar-refractivity contribution in [1.29, 1.82) is 0 Å². The van der Waals surface area contributed by atoms with Gasteiger partial charge in [-0.2, -0.15) is 0 Å². The van der Waals surface area contributed by atoms with E-state index in [4.69, 9.17) is 9.47 Å². The summed E-state index contributed by atoms with van der Waals surface area (Å²) >= 11 is 0. The fourth-order valence-corrected chi connectivity index (χ4v) is 1.23. The molecule has 0 spiro atoms. The normalized spacial score (nSPS) is 16.0. The largest absolute Gasteiger partial charge is 0.487 e. The van der Waals surface area contributed by atoms with Gasteiger partial charge in [0.1, 0.15) is 5.60 Å². The predicted molar refractivity (Wildman–Crippen MR) is 58.2 cm³/mol. The molecule has 1 aromatic heterocycles. The summed E-state index contributed by atoms with van der Waals surface area (Å²) in [4.78, 5) is 3.87. The summed E-state index contributed by atoms with van der Waals surface area (Å²) in [5.41, 5.74) is -0.346. The average molecular weight is 225 g/mol. The van der Waals surface area contributed by atoms with E-state index in [-0.39, 0.29) is 17.5 Å². The molecule has 0 saturated heterocycles. The highest BCUT2D eigenvalue weighted by molar-refractivity contribution is 5.29. The van der Waals surface area contributed by atoms with Crippen molar-refractivity contribution in [3.8, 4) is 11.6 Å². The molecule has 1 saturated carbocycles. The maximum atomic E-state index is 13.3. The first-order valence-electron chi connectivity index (χ1n) is 5.45. The van der Waals surface area contributed by atoms with Crippen molar-refractivity contribution in [1.82, 2.24) is 4.98 Å². The Morgan fingerprint density at radius 2 is 2.06 bits per heavy atom. The summed E-state index contributed by atoms with van der Waals surface area (Å²) in [5.74, 6) is 0.189. The molecule has 0 radical (unpaired) electrons. The Kier molecular flexibility index (Phi) is 2.74. The van der Waals surface area contributed by atoms with Crippen molar-refractivity contribution in [3.05, 3.63) is 18.1 Å². The van der Waals surface area contributed by atoms with Crippen molar-refractivity contribution in [2.24, 2.45) is 0 Å². The number of ether oxygens (including phenoxy) is 2. The van der Waals surface area contributed by atoms with Crippen molar-refractivity contribution < 1.29 is 13.9 Å². The standard InChI is InChI=1S/C12H16FNO2/c1-12(2,3)16-11-6-10(9(13)7-14-11)15-8-4-5-8/h6-8H,4-5H2,1-3H3. The van der Waals surface area contributed by atoms with E-state index in [0.717, 1.165) is 19.0 Å². The topological polar surface area (TPSA) is 31.4 Å². The van der Waals surface area contributed by atoms with Crippen LogP contribution in [0.15, 0.2) is 12.3 Å². The van der Waals surface area contributed by atoms with Gasteiger partial charge in [-0.25, -0.2) is 9.37 Å². The minimum absolute atomic E-state index is 0.166. The SMILES string of the molecule is CC(C)(C)Oc1cc(OC2CC2)c(F)cn1. The Labute approximate surface area is 94.6 Å². The first-order valence-corrected chi connectivity index (χ1v) is 5.45. The lowest BCUT2D eigenvalue weighted by molar-refractivity contribution is 0.123. The Bertz CT molecular complexity index is 383. The summed E-state index contributed by atoms with van der Waals surface area (Å²) in [5, 5.41) is 0. The molecule has 2 rings (SSSR count). The quantitative estimate of drug-likeness (QED) is 0.792. The van der Waals surface area contributed by atoms with Gasteiger partial charge in [-0.15, -0.1) is 0 Å². The molecule has 1 aliphatic carbocycles. The highest BCUT2D eigenvalue weighted by Gasteiger charge is 2.25. The molecule has 1 fully saturated rings. The zero-order valence-electron chi connectivity index (χ0n) is 9.79. The van der Waals surface area contributed by atoms with E-state index in [2.05, 4.69) is 4.98 Å². The summed E-state index contributed by atoms with van der Waals surface area (Å²) in [7, 11) is 0. The zero-order valence-corrected chi connectivity index (χ0v) is 9.79. The lowest BCUT2D eigenvalue weighted by atomic mass is 10.2. The van der Waals surface area contributed by atoms with Crippen molar-refractivity contribution in [2.45, 2.75) is 45.3 Å². The number of aromatic nitrogens is 1. The van der Waals surface area contributed by atoms with Gasteiger partial charge in [0.05, 0.1) is 12.3 Å². The maximum Gasteiger partial charge on any atom is 0.217 e.